The summed E-state index contributed by atoms with van der Waals surface area (Å²) >= 11 is 5.95. The van der Waals surface area contributed by atoms with Crippen molar-refractivity contribution in [3.63, 3.8) is 0 Å². The van der Waals surface area contributed by atoms with Crippen LogP contribution in [0.3, 0.4) is 0 Å². The number of nitrogens with zero attached hydrogens (tertiary/aromatic N) is 3. The Bertz CT molecular complexity index is 389. The first kappa shape index (κ1) is 13.4. The van der Waals surface area contributed by atoms with Crippen LogP contribution in [0.4, 0.5) is 5.82 Å². The summed E-state index contributed by atoms with van der Waals surface area (Å²) in [5, 5.41) is 0. The molecule has 100 valence electrons. The van der Waals surface area contributed by atoms with Gasteiger partial charge in [-0.2, -0.15) is 0 Å². The van der Waals surface area contributed by atoms with E-state index >= 15 is 0 Å². The largest absolute Gasteiger partial charge is 0.475 e. The number of alkyl halides is 1. The van der Waals surface area contributed by atoms with Crippen molar-refractivity contribution in [1.29, 1.82) is 0 Å². The Morgan fingerprint density at radius 2 is 2.39 bits per heavy atom. The molecule has 0 aromatic carbocycles. The zero-order chi connectivity index (χ0) is 13.0. The summed E-state index contributed by atoms with van der Waals surface area (Å²) in [6, 6.07) is 2.01. The first-order valence-electron chi connectivity index (χ1n) is 6.09. The summed E-state index contributed by atoms with van der Waals surface area (Å²) in [6.45, 7) is 6.05. The van der Waals surface area contributed by atoms with Gasteiger partial charge in [-0.25, -0.2) is 9.97 Å². The second kappa shape index (κ2) is 6.20. The molecule has 1 aliphatic heterocycles. The third-order valence-corrected chi connectivity index (χ3v) is 3.04. The molecule has 18 heavy (non-hydrogen) atoms. The fourth-order valence-corrected chi connectivity index (χ4v) is 2.13. The molecule has 1 unspecified atom stereocenters. The smallest absolute Gasteiger partial charge is 0.218 e. The highest BCUT2D eigenvalue weighted by Crippen LogP contribution is 2.21. The lowest BCUT2D eigenvalue weighted by Crippen LogP contribution is -2.47. The van der Waals surface area contributed by atoms with Crippen molar-refractivity contribution in [2.24, 2.45) is 0 Å². The van der Waals surface area contributed by atoms with Gasteiger partial charge in [-0.05, 0) is 13.8 Å². The number of morpholine rings is 1. The van der Waals surface area contributed by atoms with E-state index in [1.165, 1.54) is 6.33 Å². The van der Waals surface area contributed by atoms with Crippen molar-refractivity contribution >= 4 is 17.4 Å². The zero-order valence-corrected chi connectivity index (χ0v) is 11.4. The van der Waals surface area contributed by atoms with Gasteiger partial charge < -0.3 is 14.4 Å². The lowest BCUT2D eigenvalue weighted by atomic mass is 10.2. The summed E-state index contributed by atoms with van der Waals surface area (Å²) in [7, 11) is 0. The van der Waals surface area contributed by atoms with Crippen LogP contribution in [0.25, 0.3) is 0 Å². The van der Waals surface area contributed by atoms with Crippen LogP contribution in [-0.4, -0.2) is 47.8 Å². The Labute approximate surface area is 112 Å². The Morgan fingerprint density at radius 3 is 3.11 bits per heavy atom. The van der Waals surface area contributed by atoms with Crippen LogP contribution in [0.15, 0.2) is 12.4 Å². The Hall–Kier alpha value is -1.07. The average Bonchev–Trinajstić information content (AvgIpc) is 2.38. The second-order valence-corrected chi connectivity index (χ2v) is 4.77. The molecule has 1 saturated heterocycles. The highest BCUT2D eigenvalue weighted by molar-refractivity contribution is 6.18. The maximum absolute atomic E-state index is 5.95. The number of hydrogen-bond donors (Lipinski definition) is 0. The Balaban J connectivity index is 2.15. The van der Waals surface area contributed by atoms with E-state index in [-0.39, 0.29) is 12.1 Å². The predicted octanol–water partition coefficient (Wildman–Crippen LogP) is 1.71. The van der Waals surface area contributed by atoms with E-state index in [0.717, 1.165) is 12.4 Å². The third-order valence-electron chi connectivity index (χ3n) is 2.68. The van der Waals surface area contributed by atoms with E-state index < -0.39 is 0 Å². The maximum Gasteiger partial charge on any atom is 0.218 e. The first-order chi connectivity index (χ1) is 8.70. The van der Waals surface area contributed by atoms with Crippen LogP contribution in [-0.2, 0) is 4.74 Å². The monoisotopic (exact) mass is 271 g/mol. The Kier molecular flexibility index (Phi) is 4.60. The van der Waals surface area contributed by atoms with Crippen LogP contribution < -0.4 is 9.64 Å². The van der Waals surface area contributed by atoms with Gasteiger partial charge in [-0.3, -0.25) is 0 Å². The first-order valence-corrected chi connectivity index (χ1v) is 6.63. The minimum absolute atomic E-state index is 0.0984. The molecule has 1 aromatic heterocycles. The molecule has 0 amide bonds. The standard InChI is InChI=1S/C12H18ClN3O2/c1-9(2)18-12-5-11(14-8-15-12)16-3-4-17-7-10(16)6-13/h5,8-10H,3-4,6-7H2,1-2H3. The molecule has 1 fully saturated rings. The molecule has 1 aliphatic rings. The molecule has 1 atom stereocenters. The summed E-state index contributed by atoms with van der Waals surface area (Å²) in [4.78, 5) is 10.5. The minimum atomic E-state index is 0.0984. The SMILES string of the molecule is CC(C)Oc1cc(N2CCOCC2CCl)ncn1. The molecule has 1 aromatic rings. The Morgan fingerprint density at radius 1 is 1.56 bits per heavy atom. The summed E-state index contributed by atoms with van der Waals surface area (Å²) < 4.78 is 11.0. The lowest BCUT2D eigenvalue weighted by molar-refractivity contribution is 0.0993. The minimum Gasteiger partial charge on any atom is -0.475 e. The highest BCUT2D eigenvalue weighted by atomic mass is 35.5. The molecule has 5 nitrogen and oxygen atoms in total. The van der Waals surface area contributed by atoms with Crippen LogP contribution in [0.5, 0.6) is 5.88 Å². The molecule has 0 aliphatic carbocycles. The number of ether oxygens (including phenoxy) is 2. The average molecular weight is 272 g/mol. The van der Waals surface area contributed by atoms with Gasteiger partial charge >= 0.3 is 0 Å². The van der Waals surface area contributed by atoms with Crippen molar-refractivity contribution in [3.05, 3.63) is 12.4 Å². The fourth-order valence-electron chi connectivity index (χ4n) is 1.88. The van der Waals surface area contributed by atoms with E-state index in [4.69, 9.17) is 21.1 Å². The predicted molar refractivity (Wildman–Crippen MR) is 70.5 cm³/mol. The van der Waals surface area contributed by atoms with Crippen molar-refractivity contribution in [1.82, 2.24) is 9.97 Å². The molecule has 2 heterocycles. The summed E-state index contributed by atoms with van der Waals surface area (Å²) in [5.74, 6) is 1.95. The highest BCUT2D eigenvalue weighted by Gasteiger charge is 2.23. The molecule has 0 bridgehead atoms. The van der Waals surface area contributed by atoms with E-state index in [0.29, 0.717) is 25.0 Å². The number of halogens is 1. The number of rotatable bonds is 4. The van der Waals surface area contributed by atoms with Gasteiger partial charge in [0.25, 0.3) is 0 Å². The quantitative estimate of drug-likeness (QED) is 0.780. The number of anilines is 1. The van der Waals surface area contributed by atoms with E-state index in [2.05, 4.69) is 14.9 Å². The van der Waals surface area contributed by atoms with E-state index in [1.54, 1.807) is 0 Å². The van der Waals surface area contributed by atoms with Gasteiger partial charge in [0.2, 0.25) is 5.88 Å². The summed E-state index contributed by atoms with van der Waals surface area (Å²) in [6.07, 6.45) is 1.62. The van der Waals surface area contributed by atoms with Crippen molar-refractivity contribution in [2.75, 3.05) is 30.5 Å². The van der Waals surface area contributed by atoms with Crippen molar-refractivity contribution in [3.8, 4) is 5.88 Å². The van der Waals surface area contributed by atoms with Crippen LogP contribution in [0.2, 0.25) is 0 Å². The van der Waals surface area contributed by atoms with E-state index in [1.807, 2.05) is 19.9 Å². The molecule has 0 N–H and O–H groups in total. The second-order valence-electron chi connectivity index (χ2n) is 4.46. The van der Waals surface area contributed by atoms with Gasteiger partial charge in [-0.15, -0.1) is 11.6 Å². The number of aromatic nitrogens is 2. The molecular weight excluding hydrogens is 254 g/mol. The molecule has 2 rings (SSSR count). The molecule has 0 spiro atoms. The molecule has 6 heteroatoms. The molecule has 0 saturated carbocycles. The van der Waals surface area contributed by atoms with Crippen LogP contribution in [0.1, 0.15) is 13.8 Å². The number of hydrogen-bond acceptors (Lipinski definition) is 5. The van der Waals surface area contributed by atoms with Crippen LogP contribution >= 0.6 is 11.6 Å². The van der Waals surface area contributed by atoms with Gasteiger partial charge in [0, 0.05) is 18.5 Å². The summed E-state index contributed by atoms with van der Waals surface area (Å²) in [5.41, 5.74) is 0. The molecular formula is C12H18ClN3O2. The maximum atomic E-state index is 5.95. The van der Waals surface area contributed by atoms with Crippen LogP contribution in [0, 0.1) is 0 Å². The third kappa shape index (κ3) is 3.23. The van der Waals surface area contributed by atoms with Crippen molar-refractivity contribution in [2.45, 2.75) is 26.0 Å². The van der Waals surface area contributed by atoms with Crippen molar-refractivity contribution < 1.29 is 9.47 Å². The topological polar surface area (TPSA) is 47.5 Å². The molecule has 0 radical (unpaired) electrons. The van der Waals surface area contributed by atoms with Gasteiger partial charge in [0.05, 0.1) is 25.4 Å². The lowest BCUT2D eigenvalue weighted by Gasteiger charge is -2.35. The fraction of sp³-hybridized carbons (Fsp3) is 0.667. The van der Waals surface area contributed by atoms with E-state index in [9.17, 15) is 0 Å². The zero-order valence-electron chi connectivity index (χ0n) is 10.7. The van der Waals surface area contributed by atoms with Gasteiger partial charge in [-0.1, -0.05) is 0 Å². The normalized spacial score (nSPS) is 20.2. The van der Waals surface area contributed by atoms with Gasteiger partial charge in [0.1, 0.15) is 12.1 Å². The van der Waals surface area contributed by atoms with Gasteiger partial charge in [0.15, 0.2) is 0 Å².